The van der Waals surface area contributed by atoms with Gasteiger partial charge in [-0.1, -0.05) is 0 Å². The van der Waals surface area contributed by atoms with Crippen molar-refractivity contribution in [3.63, 3.8) is 0 Å². The fourth-order valence-electron chi connectivity index (χ4n) is 2.43. The molecule has 5 heteroatoms. The highest BCUT2D eigenvalue weighted by molar-refractivity contribution is 5.26. The number of aryl methyl sites for hydroxylation is 2. The van der Waals surface area contributed by atoms with E-state index in [-0.39, 0.29) is 5.56 Å². The van der Waals surface area contributed by atoms with Crippen LogP contribution in [0.15, 0.2) is 18.2 Å². The first-order valence-electron chi connectivity index (χ1n) is 6.59. The molecule has 1 atom stereocenters. The molecule has 108 valence electrons. The first kappa shape index (κ1) is 14.7. The quantitative estimate of drug-likeness (QED) is 0.935. The highest BCUT2D eigenvalue weighted by Crippen LogP contribution is 2.23. The van der Waals surface area contributed by atoms with Crippen molar-refractivity contribution in [3.05, 3.63) is 52.3 Å². The van der Waals surface area contributed by atoms with Gasteiger partial charge in [-0.3, -0.25) is 4.68 Å². The molecule has 0 aliphatic rings. The van der Waals surface area contributed by atoms with E-state index >= 15 is 0 Å². The minimum Gasteiger partial charge on any atom is -0.324 e. The van der Waals surface area contributed by atoms with Crippen molar-refractivity contribution in [3.8, 4) is 0 Å². The second-order valence-corrected chi connectivity index (χ2v) is 5.08. The van der Waals surface area contributed by atoms with E-state index < -0.39 is 17.7 Å². The van der Waals surface area contributed by atoms with Crippen LogP contribution < -0.4 is 5.73 Å². The minimum absolute atomic E-state index is 0.226. The van der Waals surface area contributed by atoms with Crippen molar-refractivity contribution in [2.75, 3.05) is 0 Å². The highest BCUT2D eigenvalue weighted by atomic mass is 19.1. The summed E-state index contributed by atoms with van der Waals surface area (Å²) in [4.78, 5) is 0. The summed E-state index contributed by atoms with van der Waals surface area (Å²) in [5.41, 5.74) is 9.37. The number of hydrogen-bond donors (Lipinski definition) is 1. The Bertz CT molecular complexity index is 620. The topological polar surface area (TPSA) is 43.8 Å². The molecule has 2 N–H and O–H groups in total. The third kappa shape index (κ3) is 2.88. The summed E-state index contributed by atoms with van der Waals surface area (Å²) in [5, 5.41) is 4.33. The molecule has 0 amide bonds. The van der Waals surface area contributed by atoms with Gasteiger partial charge in [0.25, 0.3) is 0 Å². The molecule has 0 radical (unpaired) electrons. The van der Waals surface area contributed by atoms with E-state index in [4.69, 9.17) is 5.73 Å². The molecule has 0 saturated carbocycles. The maximum absolute atomic E-state index is 13.6. The number of nitrogens with two attached hydrogens (primary N) is 1. The molecule has 0 bridgehead atoms. The largest absolute Gasteiger partial charge is 0.324 e. The normalized spacial score (nSPS) is 12.7. The predicted molar refractivity (Wildman–Crippen MR) is 74.3 cm³/mol. The van der Waals surface area contributed by atoms with Gasteiger partial charge in [0.15, 0.2) is 0 Å². The Kier molecular flexibility index (Phi) is 4.18. The van der Waals surface area contributed by atoms with Crippen LogP contribution in [0.25, 0.3) is 0 Å². The molecule has 1 unspecified atom stereocenters. The summed E-state index contributed by atoms with van der Waals surface area (Å²) in [6, 6.07) is 2.86. The molecule has 0 aliphatic carbocycles. The van der Waals surface area contributed by atoms with E-state index in [9.17, 15) is 8.78 Å². The van der Waals surface area contributed by atoms with Gasteiger partial charge in [0, 0.05) is 24.3 Å². The Balaban J connectivity index is 2.12. The van der Waals surface area contributed by atoms with Crippen molar-refractivity contribution >= 4 is 0 Å². The minimum atomic E-state index is -0.523. The van der Waals surface area contributed by atoms with Crippen molar-refractivity contribution in [1.82, 2.24) is 9.78 Å². The second kappa shape index (κ2) is 5.71. The van der Waals surface area contributed by atoms with Crippen LogP contribution in [0.3, 0.4) is 0 Å². The Morgan fingerprint density at radius 3 is 2.60 bits per heavy atom. The molecule has 0 aliphatic heterocycles. The van der Waals surface area contributed by atoms with Gasteiger partial charge in [-0.25, -0.2) is 8.78 Å². The summed E-state index contributed by atoms with van der Waals surface area (Å²) >= 11 is 0. The lowest BCUT2D eigenvalue weighted by Gasteiger charge is -2.13. The van der Waals surface area contributed by atoms with Crippen molar-refractivity contribution in [1.29, 1.82) is 0 Å². The molecule has 2 aromatic rings. The molecule has 0 saturated heterocycles. The molecule has 0 fully saturated rings. The van der Waals surface area contributed by atoms with Gasteiger partial charge in [0.1, 0.15) is 11.6 Å². The standard InChI is InChI=1S/C15H19F2N3/c1-9-12(10(2)20(3)19-9)5-7-15(18)13-8-11(16)4-6-14(13)17/h4,6,8,15H,5,7,18H2,1-3H3. The Hall–Kier alpha value is -1.75. The smallest absolute Gasteiger partial charge is 0.128 e. The molecule has 0 spiro atoms. The van der Waals surface area contributed by atoms with Gasteiger partial charge in [0.2, 0.25) is 0 Å². The summed E-state index contributed by atoms with van der Waals surface area (Å²) in [6.45, 7) is 3.93. The molecule has 1 aromatic carbocycles. The van der Waals surface area contributed by atoms with Crippen LogP contribution in [0.5, 0.6) is 0 Å². The van der Waals surface area contributed by atoms with Crippen LogP contribution in [-0.2, 0) is 13.5 Å². The van der Waals surface area contributed by atoms with Gasteiger partial charge < -0.3 is 5.73 Å². The van der Waals surface area contributed by atoms with Gasteiger partial charge in [0.05, 0.1) is 5.69 Å². The second-order valence-electron chi connectivity index (χ2n) is 5.08. The van der Waals surface area contributed by atoms with Crippen LogP contribution in [0.2, 0.25) is 0 Å². The van der Waals surface area contributed by atoms with Crippen LogP contribution in [-0.4, -0.2) is 9.78 Å². The number of hydrogen-bond acceptors (Lipinski definition) is 2. The monoisotopic (exact) mass is 279 g/mol. The lowest BCUT2D eigenvalue weighted by Crippen LogP contribution is -2.14. The van der Waals surface area contributed by atoms with Crippen LogP contribution in [0, 0.1) is 25.5 Å². The predicted octanol–water partition coefficient (Wildman–Crippen LogP) is 2.95. The summed E-state index contributed by atoms with van der Waals surface area (Å²) in [5.74, 6) is -0.927. The Labute approximate surface area is 117 Å². The van der Waals surface area contributed by atoms with E-state index in [1.165, 1.54) is 6.07 Å². The molecule has 3 nitrogen and oxygen atoms in total. The van der Waals surface area contributed by atoms with Gasteiger partial charge in [-0.05, 0) is 50.5 Å². The first-order chi connectivity index (χ1) is 9.40. The average Bonchev–Trinajstić information content (AvgIpc) is 2.64. The van der Waals surface area contributed by atoms with E-state index in [2.05, 4.69) is 5.10 Å². The zero-order valence-electron chi connectivity index (χ0n) is 12.0. The molecule has 1 aromatic heterocycles. The van der Waals surface area contributed by atoms with E-state index in [0.717, 1.165) is 29.1 Å². The average molecular weight is 279 g/mol. The molecule has 1 heterocycles. The number of nitrogens with zero attached hydrogens (tertiary/aromatic N) is 2. The molecular formula is C15H19F2N3. The van der Waals surface area contributed by atoms with E-state index in [1.54, 1.807) is 0 Å². The van der Waals surface area contributed by atoms with Gasteiger partial charge in [-0.15, -0.1) is 0 Å². The summed E-state index contributed by atoms with van der Waals surface area (Å²) in [6.07, 6.45) is 1.25. The number of aromatic nitrogens is 2. The lowest BCUT2D eigenvalue weighted by molar-refractivity contribution is 0.547. The zero-order chi connectivity index (χ0) is 14.9. The number of benzene rings is 1. The SMILES string of the molecule is Cc1nn(C)c(C)c1CCC(N)c1cc(F)ccc1F. The fraction of sp³-hybridized carbons (Fsp3) is 0.400. The van der Waals surface area contributed by atoms with Crippen molar-refractivity contribution in [2.45, 2.75) is 32.7 Å². The molecular weight excluding hydrogens is 260 g/mol. The fourth-order valence-corrected chi connectivity index (χ4v) is 2.43. The van der Waals surface area contributed by atoms with Crippen LogP contribution in [0.4, 0.5) is 8.78 Å². The van der Waals surface area contributed by atoms with E-state index in [1.807, 2.05) is 25.6 Å². The first-order valence-corrected chi connectivity index (χ1v) is 6.59. The third-order valence-corrected chi connectivity index (χ3v) is 3.72. The maximum Gasteiger partial charge on any atom is 0.128 e. The number of halogens is 2. The summed E-state index contributed by atoms with van der Waals surface area (Å²) in [7, 11) is 1.89. The van der Waals surface area contributed by atoms with Gasteiger partial charge in [-0.2, -0.15) is 5.10 Å². The highest BCUT2D eigenvalue weighted by Gasteiger charge is 2.15. The lowest BCUT2D eigenvalue weighted by atomic mass is 9.98. The Morgan fingerprint density at radius 2 is 2.00 bits per heavy atom. The Morgan fingerprint density at radius 1 is 1.30 bits per heavy atom. The van der Waals surface area contributed by atoms with Crippen molar-refractivity contribution < 1.29 is 8.78 Å². The zero-order valence-corrected chi connectivity index (χ0v) is 12.0. The maximum atomic E-state index is 13.6. The molecule has 2 rings (SSSR count). The molecule has 20 heavy (non-hydrogen) atoms. The van der Waals surface area contributed by atoms with Crippen LogP contribution >= 0.6 is 0 Å². The van der Waals surface area contributed by atoms with Gasteiger partial charge >= 0.3 is 0 Å². The third-order valence-electron chi connectivity index (χ3n) is 3.72. The number of rotatable bonds is 4. The van der Waals surface area contributed by atoms with Crippen molar-refractivity contribution in [2.24, 2.45) is 12.8 Å². The summed E-state index contributed by atoms with van der Waals surface area (Å²) < 4.78 is 28.6. The van der Waals surface area contributed by atoms with Crippen LogP contribution in [0.1, 0.15) is 35.0 Å². The van der Waals surface area contributed by atoms with E-state index in [0.29, 0.717) is 12.8 Å².